The molecule has 1 fully saturated rings. The van der Waals surface area contributed by atoms with E-state index in [2.05, 4.69) is 0 Å². The van der Waals surface area contributed by atoms with Gasteiger partial charge in [0.25, 0.3) is 0 Å². The molecule has 0 unspecified atom stereocenters. The van der Waals surface area contributed by atoms with Gasteiger partial charge in [-0.15, -0.1) is 0 Å². The van der Waals surface area contributed by atoms with E-state index in [0.29, 0.717) is 6.42 Å². The highest BCUT2D eigenvalue weighted by atomic mass is 16.7. The Hall–Kier alpha value is -1.84. The SMILES string of the molecule is C[C@@H]1C[C@](O)([C@H](C)O)[C@@H](O)[C@H](O[C@@H]2[C@@H](C)C=CC(=O)O[C@H](C)[C@@H](C)C=CC=CC(=O)[C@@H](C)C[C@@H]2C)O1. The molecule has 8 heteroatoms. The molecule has 36 heavy (non-hydrogen) atoms. The van der Waals surface area contributed by atoms with E-state index in [0.717, 1.165) is 0 Å². The van der Waals surface area contributed by atoms with Crippen molar-refractivity contribution >= 4 is 11.8 Å². The van der Waals surface area contributed by atoms with Gasteiger partial charge in [-0.1, -0.05) is 52.0 Å². The molecule has 2 rings (SSSR count). The molecule has 0 spiro atoms. The van der Waals surface area contributed by atoms with Crippen molar-refractivity contribution in [3.63, 3.8) is 0 Å². The Kier molecular flexibility index (Phi) is 11.1. The van der Waals surface area contributed by atoms with Gasteiger partial charge in [-0.05, 0) is 39.2 Å². The van der Waals surface area contributed by atoms with E-state index in [1.807, 2.05) is 40.7 Å². The van der Waals surface area contributed by atoms with E-state index in [4.69, 9.17) is 14.2 Å². The Balaban J connectivity index is 2.35. The minimum atomic E-state index is -1.79. The van der Waals surface area contributed by atoms with Crippen molar-refractivity contribution in [2.45, 2.75) is 104 Å². The first-order valence-electron chi connectivity index (χ1n) is 12.9. The molecule has 2 aliphatic heterocycles. The normalized spacial score (nSPS) is 42.2. The Morgan fingerprint density at radius 3 is 2.33 bits per heavy atom. The van der Waals surface area contributed by atoms with Crippen LogP contribution in [-0.4, -0.2) is 69.5 Å². The van der Waals surface area contributed by atoms with Crippen LogP contribution >= 0.6 is 0 Å². The Morgan fingerprint density at radius 1 is 1.03 bits per heavy atom. The van der Waals surface area contributed by atoms with Crippen molar-refractivity contribution < 1.29 is 39.1 Å². The summed E-state index contributed by atoms with van der Waals surface area (Å²) < 4.78 is 17.6. The third-order valence-corrected chi connectivity index (χ3v) is 7.42. The molecule has 3 N–H and O–H groups in total. The topological polar surface area (TPSA) is 123 Å². The molecule has 0 aromatic carbocycles. The first kappa shape index (κ1) is 30.4. The van der Waals surface area contributed by atoms with E-state index >= 15 is 0 Å². The van der Waals surface area contributed by atoms with Gasteiger partial charge in [-0.2, -0.15) is 0 Å². The van der Waals surface area contributed by atoms with Crippen LogP contribution in [0.3, 0.4) is 0 Å². The van der Waals surface area contributed by atoms with Gasteiger partial charge in [0, 0.05) is 30.3 Å². The Morgan fingerprint density at radius 2 is 1.69 bits per heavy atom. The van der Waals surface area contributed by atoms with Crippen LogP contribution in [0, 0.1) is 23.7 Å². The molecule has 0 radical (unpaired) electrons. The van der Waals surface area contributed by atoms with E-state index in [1.54, 1.807) is 31.2 Å². The van der Waals surface area contributed by atoms with Gasteiger partial charge in [0.15, 0.2) is 12.1 Å². The van der Waals surface area contributed by atoms with Gasteiger partial charge >= 0.3 is 5.97 Å². The number of aliphatic hydroxyl groups excluding tert-OH is 2. The lowest BCUT2D eigenvalue weighted by Crippen LogP contribution is -2.63. The first-order chi connectivity index (χ1) is 16.8. The summed E-state index contributed by atoms with van der Waals surface area (Å²) in [7, 11) is 0. The monoisotopic (exact) mass is 508 g/mol. The minimum absolute atomic E-state index is 0.0151. The summed E-state index contributed by atoms with van der Waals surface area (Å²) >= 11 is 0. The standard InChI is InChI=1S/C28H44O8/c1-16-10-8-9-11-23(30)18(3)14-19(4)25(17(2)12-13-24(31)35-21(16)6)36-27-26(32)28(33,22(7)29)15-20(5)34-27/h8-13,16-22,25-27,29,32-33H,14-15H2,1-7H3/t16-,17-,18-,19-,20+,21+,22-,25+,26-,27-,28-/m0/s1. The van der Waals surface area contributed by atoms with Crippen LogP contribution in [0.15, 0.2) is 36.5 Å². The summed E-state index contributed by atoms with van der Waals surface area (Å²) in [5, 5.41) is 32.0. The predicted molar refractivity (Wildman–Crippen MR) is 136 cm³/mol. The number of ether oxygens (including phenoxy) is 3. The molecular formula is C28H44O8. The third kappa shape index (κ3) is 7.83. The smallest absolute Gasteiger partial charge is 0.330 e. The lowest BCUT2D eigenvalue weighted by molar-refractivity contribution is -0.322. The highest BCUT2D eigenvalue weighted by Gasteiger charge is 2.51. The van der Waals surface area contributed by atoms with E-state index in [9.17, 15) is 24.9 Å². The van der Waals surface area contributed by atoms with Gasteiger partial charge in [0.2, 0.25) is 0 Å². The molecule has 0 amide bonds. The van der Waals surface area contributed by atoms with Gasteiger partial charge in [-0.3, -0.25) is 4.79 Å². The quantitative estimate of drug-likeness (QED) is 0.497. The fourth-order valence-corrected chi connectivity index (χ4v) is 4.81. The number of esters is 1. The number of allylic oxidation sites excluding steroid dienone is 3. The van der Waals surface area contributed by atoms with Gasteiger partial charge < -0.3 is 29.5 Å². The molecule has 0 saturated carbocycles. The maximum absolute atomic E-state index is 12.7. The van der Waals surface area contributed by atoms with Crippen molar-refractivity contribution in [3.05, 3.63) is 36.5 Å². The summed E-state index contributed by atoms with van der Waals surface area (Å²) in [5.74, 6) is -1.31. The van der Waals surface area contributed by atoms with Crippen LogP contribution < -0.4 is 0 Å². The number of ketones is 1. The highest BCUT2D eigenvalue weighted by Crippen LogP contribution is 2.35. The fourth-order valence-electron chi connectivity index (χ4n) is 4.81. The number of hydrogen-bond donors (Lipinski definition) is 3. The summed E-state index contributed by atoms with van der Waals surface area (Å²) in [5.41, 5.74) is -1.79. The van der Waals surface area contributed by atoms with Crippen molar-refractivity contribution in [2.75, 3.05) is 0 Å². The molecule has 11 atom stereocenters. The third-order valence-electron chi connectivity index (χ3n) is 7.42. The molecule has 0 aromatic rings. The fraction of sp³-hybridized carbons (Fsp3) is 0.714. The molecule has 8 nitrogen and oxygen atoms in total. The lowest BCUT2D eigenvalue weighted by Gasteiger charge is -2.47. The van der Waals surface area contributed by atoms with Crippen molar-refractivity contribution in [1.82, 2.24) is 0 Å². The second kappa shape index (κ2) is 13.1. The average molecular weight is 509 g/mol. The number of rotatable bonds is 3. The molecule has 204 valence electrons. The van der Waals surface area contributed by atoms with E-state index in [-0.39, 0.29) is 42.0 Å². The zero-order chi connectivity index (χ0) is 27.2. The van der Waals surface area contributed by atoms with Gasteiger partial charge in [-0.25, -0.2) is 4.79 Å². The van der Waals surface area contributed by atoms with Gasteiger partial charge in [0.05, 0.1) is 18.3 Å². The zero-order valence-corrected chi connectivity index (χ0v) is 22.5. The van der Waals surface area contributed by atoms with Crippen molar-refractivity contribution in [3.8, 4) is 0 Å². The zero-order valence-electron chi connectivity index (χ0n) is 22.5. The van der Waals surface area contributed by atoms with Crippen LogP contribution in [0.4, 0.5) is 0 Å². The Labute approximate surface area is 215 Å². The van der Waals surface area contributed by atoms with Crippen LogP contribution in [0.25, 0.3) is 0 Å². The first-order valence-corrected chi connectivity index (χ1v) is 12.9. The van der Waals surface area contributed by atoms with E-state index < -0.39 is 42.3 Å². The molecule has 0 aliphatic carbocycles. The molecule has 2 aliphatic rings. The number of carbonyl (C=O) groups is 2. The molecule has 0 aromatic heterocycles. The minimum Gasteiger partial charge on any atom is -0.459 e. The number of aliphatic hydroxyl groups is 3. The maximum Gasteiger partial charge on any atom is 0.330 e. The molecule has 0 bridgehead atoms. The summed E-state index contributed by atoms with van der Waals surface area (Å²) in [6, 6.07) is 0. The predicted octanol–water partition coefficient (Wildman–Crippen LogP) is 3.10. The number of cyclic esters (lactones) is 1. The molecule has 2 heterocycles. The Bertz CT molecular complexity index is 833. The molecular weight excluding hydrogens is 464 g/mol. The summed E-state index contributed by atoms with van der Waals surface area (Å²) in [6.07, 6.45) is 5.23. The second-order valence-electron chi connectivity index (χ2n) is 10.7. The highest BCUT2D eigenvalue weighted by molar-refractivity contribution is 5.91. The van der Waals surface area contributed by atoms with Crippen LogP contribution in [0.2, 0.25) is 0 Å². The van der Waals surface area contributed by atoms with E-state index in [1.165, 1.54) is 13.0 Å². The maximum atomic E-state index is 12.7. The molecule has 1 saturated heterocycles. The lowest BCUT2D eigenvalue weighted by atomic mass is 9.82. The number of carbonyl (C=O) groups excluding carboxylic acids is 2. The average Bonchev–Trinajstić information content (AvgIpc) is 2.80. The van der Waals surface area contributed by atoms with Crippen LogP contribution in [0.5, 0.6) is 0 Å². The second-order valence-corrected chi connectivity index (χ2v) is 10.7. The largest absolute Gasteiger partial charge is 0.459 e. The van der Waals surface area contributed by atoms with Crippen molar-refractivity contribution in [2.24, 2.45) is 23.7 Å². The van der Waals surface area contributed by atoms with Crippen molar-refractivity contribution in [1.29, 1.82) is 0 Å². The van der Waals surface area contributed by atoms with Crippen LogP contribution in [0.1, 0.15) is 61.3 Å². The summed E-state index contributed by atoms with van der Waals surface area (Å²) in [6.45, 7) is 12.6. The van der Waals surface area contributed by atoms with Gasteiger partial charge in [0.1, 0.15) is 17.8 Å². The summed E-state index contributed by atoms with van der Waals surface area (Å²) in [4.78, 5) is 25.2. The number of hydrogen-bond acceptors (Lipinski definition) is 8. The van der Waals surface area contributed by atoms with Crippen LogP contribution in [-0.2, 0) is 23.8 Å².